The first-order valence-corrected chi connectivity index (χ1v) is 8.62. The number of amides is 2. The average molecular weight is 354 g/mol. The summed E-state index contributed by atoms with van der Waals surface area (Å²) in [4.78, 5) is 23.1. The smallest absolute Gasteiger partial charge is 0.221 e. The molecule has 1 aliphatic rings. The Kier molecular flexibility index (Phi) is 5.73. The Morgan fingerprint density at radius 2 is 1.65 bits per heavy atom. The van der Waals surface area contributed by atoms with Gasteiger partial charge in [0.15, 0.2) is 11.5 Å². The van der Waals surface area contributed by atoms with Crippen LogP contribution < -0.4 is 20.1 Å². The van der Waals surface area contributed by atoms with Gasteiger partial charge in [-0.05, 0) is 41.8 Å². The van der Waals surface area contributed by atoms with Crippen molar-refractivity contribution >= 4 is 17.5 Å². The summed E-state index contributed by atoms with van der Waals surface area (Å²) in [7, 11) is 0. The van der Waals surface area contributed by atoms with Crippen molar-refractivity contribution in [2.24, 2.45) is 0 Å². The Balaban J connectivity index is 1.45. The van der Waals surface area contributed by atoms with E-state index in [1.165, 1.54) is 6.92 Å². The molecule has 0 aromatic heterocycles. The van der Waals surface area contributed by atoms with Gasteiger partial charge in [-0.15, -0.1) is 0 Å². The van der Waals surface area contributed by atoms with Crippen molar-refractivity contribution in [2.45, 2.75) is 26.3 Å². The number of rotatable bonds is 6. The quantitative estimate of drug-likeness (QED) is 0.836. The molecule has 0 spiro atoms. The van der Waals surface area contributed by atoms with Crippen LogP contribution in [0, 0.1) is 0 Å². The standard InChI is InChI=1S/C20H22N2O4/c1-14(23)22-17-6-2-16(3-7-17)13-21-20(24)9-5-15-4-8-18-19(12-15)26-11-10-25-18/h2-4,6-8,12H,5,9-11,13H2,1H3,(H,21,24)(H,22,23). The molecule has 1 aliphatic heterocycles. The van der Waals surface area contributed by atoms with Crippen molar-refractivity contribution in [3.63, 3.8) is 0 Å². The van der Waals surface area contributed by atoms with E-state index in [0.29, 0.717) is 32.6 Å². The molecule has 6 heteroatoms. The Hall–Kier alpha value is -3.02. The molecule has 2 aromatic rings. The topological polar surface area (TPSA) is 76.7 Å². The fourth-order valence-corrected chi connectivity index (χ4v) is 2.70. The van der Waals surface area contributed by atoms with Gasteiger partial charge < -0.3 is 20.1 Å². The van der Waals surface area contributed by atoms with Crippen molar-refractivity contribution in [2.75, 3.05) is 18.5 Å². The van der Waals surface area contributed by atoms with Crippen molar-refractivity contribution in [3.8, 4) is 11.5 Å². The molecule has 0 fully saturated rings. The predicted molar refractivity (Wildman–Crippen MR) is 98.3 cm³/mol. The molecular formula is C20H22N2O4. The summed E-state index contributed by atoms with van der Waals surface area (Å²) in [6.07, 6.45) is 1.05. The summed E-state index contributed by atoms with van der Waals surface area (Å²) in [6.45, 7) is 3.05. The first-order chi connectivity index (χ1) is 12.6. The lowest BCUT2D eigenvalue weighted by Gasteiger charge is -2.18. The van der Waals surface area contributed by atoms with Gasteiger partial charge in [0.1, 0.15) is 13.2 Å². The average Bonchev–Trinajstić information content (AvgIpc) is 2.65. The molecule has 0 atom stereocenters. The van der Waals surface area contributed by atoms with Crippen LogP contribution in [0.5, 0.6) is 11.5 Å². The number of benzene rings is 2. The molecule has 6 nitrogen and oxygen atoms in total. The largest absolute Gasteiger partial charge is 0.486 e. The molecule has 2 aromatic carbocycles. The highest BCUT2D eigenvalue weighted by molar-refractivity contribution is 5.88. The van der Waals surface area contributed by atoms with Crippen LogP contribution in [0.2, 0.25) is 0 Å². The van der Waals surface area contributed by atoms with Crippen molar-refractivity contribution in [1.82, 2.24) is 5.32 Å². The second-order valence-electron chi connectivity index (χ2n) is 6.13. The lowest BCUT2D eigenvalue weighted by atomic mass is 10.1. The summed E-state index contributed by atoms with van der Waals surface area (Å²) in [5, 5.41) is 5.62. The number of fused-ring (bicyclic) bond motifs is 1. The van der Waals surface area contributed by atoms with Crippen LogP contribution in [-0.2, 0) is 22.6 Å². The van der Waals surface area contributed by atoms with E-state index in [-0.39, 0.29) is 11.8 Å². The molecule has 0 bridgehead atoms. The van der Waals surface area contributed by atoms with Gasteiger partial charge in [-0.2, -0.15) is 0 Å². The van der Waals surface area contributed by atoms with Crippen LogP contribution in [0.4, 0.5) is 5.69 Å². The molecule has 2 N–H and O–H groups in total. The molecule has 0 saturated carbocycles. The van der Waals surface area contributed by atoms with Crippen LogP contribution >= 0.6 is 0 Å². The van der Waals surface area contributed by atoms with Crippen molar-refractivity contribution in [3.05, 3.63) is 53.6 Å². The minimum Gasteiger partial charge on any atom is -0.486 e. The summed E-state index contributed by atoms with van der Waals surface area (Å²) in [6, 6.07) is 13.2. The van der Waals surface area contributed by atoms with E-state index >= 15 is 0 Å². The van der Waals surface area contributed by atoms with E-state index in [2.05, 4.69) is 10.6 Å². The lowest BCUT2D eigenvalue weighted by molar-refractivity contribution is -0.121. The van der Waals surface area contributed by atoms with Gasteiger partial charge in [0.05, 0.1) is 0 Å². The van der Waals surface area contributed by atoms with E-state index < -0.39 is 0 Å². The molecule has 0 saturated heterocycles. The number of nitrogens with one attached hydrogen (secondary N) is 2. The fourth-order valence-electron chi connectivity index (χ4n) is 2.70. The maximum absolute atomic E-state index is 12.1. The predicted octanol–water partition coefficient (Wildman–Crippen LogP) is 2.67. The maximum Gasteiger partial charge on any atom is 0.221 e. The summed E-state index contributed by atoms with van der Waals surface area (Å²) < 4.78 is 11.1. The zero-order valence-electron chi connectivity index (χ0n) is 14.7. The highest BCUT2D eigenvalue weighted by Gasteiger charge is 2.12. The minimum atomic E-state index is -0.106. The summed E-state index contributed by atoms with van der Waals surface area (Å²) in [5.41, 5.74) is 2.77. The number of carbonyl (C=O) groups is 2. The van der Waals surface area contributed by atoms with Crippen LogP contribution in [0.15, 0.2) is 42.5 Å². The van der Waals surface area contributed by atoms with Gasteiger partial charge in [-0.25, -0.2) is 0 Å². The molecule has 26 heavy (non-hydrogen) atoms. The highest BCUT2D eigenvalue weighted by Crippen LogP contribution is 2.31. The third kappa shape index (κ3) is 4.99. The van der Waals surface area contributed by atoms with Gasteiger partial charge in [-0.1, -0.05) is 18.2 Å². The molecule has 3 rings (SSSR count). The van der Waals surface area contributed by atoms with E-state index in [1.807, 2.05) is 42.5 Å². The Bertz CT molecular complexity index is 787. The van der Waals surface area contributed by atoms with Gasteiger partial charge in [-0.3, -0.25) is 9.59 Å². The highest BCUT2D eigenvalue weighted by atomic mass is 16.6. The second kappa shape index (κ2) is 8.38. The molecule has 1 heterocycles. The maximum atomic E-state index is 12.1. The van der Waals surface area contributed by atoms with Gasteiger partial charge in [0, 0.05) is 25.6 Å². The molecule has 0 aliphatic carbocycles. The molecular weight excluding hydrogens is 332 g/mol. The van der Waals surface area contributed by atoms with Gasteiger partial charge >= 0.3 is 0 Å². The van der Waals surface area contributed by atoms with Crippen LogP contribution in [0.25, 0.3) is 0 Å². The Morgan fingerprint density at radius 1 is 0.962 bits per heavy atom. The summed E-state index contributed by atoms with van der Waals surface area (Å²) in [5.74, 6) is 1.39. The van der Waals surface area contributed by atoms with Crippen molar-refractivity contribution < 1.29 is 19.1 Å². The van der Waals surface area contributed by atoms with Crippen molar-refractivity contribution in [1.29, 1.82) is 0 Å². The zero-order chi connectivity index (χ0) is 18.4. The third-order valence-electron chi connectivity index (χ3n) is 4.01. The molecule has 136 valence electrons. The number of anilines is 1. The van der Waals surface area contributed by atoms with Gasteiger partial charge in [0.2, 0.25) is 11.8 Å². The number of hydrogen-bond donors (Lipinski definition) is 2. The lowest BCUT2D eigenvalue weighted by Crippen LogP contribution is -2.23. The van der Waals surface area contributed by atoms with E-state index in [1.54, 1.807) is 0 Å². The monoisotopic (exact) mass is 354 g/mol. The Morgan fingerprint density at radius 3 is 2.38 bits per heavy atom. The van der Waals surface area contributed by atoms with Crippen LogP contribution in [0.3, 0.4) is 0 Å². The fraction of sp³-hybridized carbons (Fsp3) is 0.300. The minimum absolute atomic E-state index is 0.00849. The van der Waals surface area contributed by atoms with E-state index in [4.69, 9.17) is 9.47 Å². The second-order valence-corrected chi connectivity index (χ2v) is 6.13. The number of hydrogen-bond acceptors (Lipinski definition) is 4. The number of ether oxygens (including phenoxy) is 2. The SMILES string of the molecule is CC(=O)Nc1ccc(CNC(=O)CCc2ccc3c(c2)OCCO3)cc1. The number of carbonyl (C=O) groups excluding carboxylic acids is 2. The molecule has 0 radical (unpaired) electrons. The summed E-state index contributed by atoms with van der Waals surface area (Å²) >= 11 is 0. The Labute approximate surface area is 152 Å². The number of aryl methyl sites for hydroxylation is 1. The molecule has 0 unspecified atom stereocenters. The first-order valence-electron chi connectivity index (χ1n) is 8.62. The first kappa shape index (κ1) is 17.8. The van der Waals surface area contributed by atoms with E-state index in [0.717, 1.165) is 28.3 Å². The normalized spacial score (nSPS) is 12.3. The molecule has 2 amide bonds. The van der Waals surface area contributed by atoms with Crippen LogP contribution in [-0.4, -0.2) is 25.0 Å². The third-order valence-corrected chi connectivity index (χ3v) is 4.01. The van der Waals surface area contributed by atoms with E-state index in [9.17, 15) is 9.59 Å². The zero-order valence-corrected chi connectivity index (χ0v) is 14.7. The van der Waals surface area contributed by atoms with Gasteiger partial charge in [0.25, 0.3) is 0 Å². The van der Waals surface area contributed by atoms with Crippen LogP contribution in [0.1, 0.15) is 24.5 Å².